The maximum atomic E-state index is 13.8. The topological polar surface area (TPSA) is 65.4 Å². The van der Waals surface area contributed by atoms with Gasteiger partial charge in [0.25, 0.3) is 0 Å². The van der Waals surface area contributed by atoms with Gasteiger partial charge in [-0.25, -0.2) is 8.91 Å². The van der Waals surface area contributed by atoms with Crippen LogP contribution in [0.15, 0.2) is 30.5 Å². The number of nitrogen functional groups attached to an aromatic ring is 1. The first-order valence-electron chi connectivity index (χ1n) is 6.05. The van der Waals surface area contributed by atoms with Gasteiger partial charge in [0.1, 0.15) is 0 Å². The van der Waals surface area contributed by atoms with Gasteiger partial charge >= 0.3 is 0 Å². The first-order valence-corrected chi connectivity index (χ1v) is 6.05. The van der Waals surface area contributed by atoms with Crippen LogP contribution < -0.4 is 10.5 Å². The van der Waals surface area contributed by atoms with Crippen molar-refractivity contribution in [3.05, 3.63) is 41.8 Å². The zero-order chi connectivity index (χ0) is 14.3. The molecule has 5 nitrogen and oxygen atoms in total. The minimum absolute atomic E-state index is 0.211. The molecule has 102 valence electrons. The highest BCUT2D eigenvalue weighted by Crippen LogP contribution is 2.28. The van der Waals surface area contributed by atoms with Crippen molar-refractivity contribution < 1.29 is 9.13 Å². The van der Waals surface area contributed by atoms with Crippen molar-refractivity contribution in [1.29, 1.82) is 0 Å². The molecular formula is C14H13FN4O. The van der Waals surface area contributed by atoms with E-state index in [0.717, 1.165) is 16.7 Å². The fraction of sp³-hybridized carbons (Fsp3) is 0.143. The molecule has 20 heavy (non-hydrogen) atoms. The van der Waals surface area contributed by atoms with Gasteiger partial charge in [0, 0.05) is 11.8 Å². The highest BCUT2D eigenvalue weighted by atomic mass is 19.1. The molecular weight excluding hydrogens is 259 g/mol. The van der Waals surface area contributed by atoms with E-state index in [-0.39, 0.29) is 11.7 Å². The summed E-state index contributed by atoms with van der Waals surface area (Å²) in [7, 11) is 1.44. The van der Waals surface area contributed by atoms with E-state index >= 15 is 0 Å². The van der Waals surface area contributed by atoms with E-state index in [1.54, 1.807) is 22.8 Å². The van der Waals surface area contributed by atoms with Crippen LogP contribution in [0, 0.1) is 12.7 Å². The molecule has 2 aromatic heterocycles. The molecule has 0 radical (unpaired) electrons. The number of aromatic nitrogens is 3. The average Bonchev–Trinajstić information content (AvgIpc) is 2.76. The summed E-state index contributed by atoms with van der Waals surface area (Å²) in [5.41, 5.74) is 8.82. The summed E-state index contributed by atoms with van der Waals surface area (Å²) in [6.45, 7) is 1.93. The predicted octanol–water partition coefficient (Wildman–Crippen LogP) is 2.43. The van der Waals surface area contributed by atoms with Crippen molar-refractivity contribution in [1.82, 2.24) is 14.6 Å². The van der Waals surface area contributed by atoms with Crippen LogP contribution in [-0.2, 0) is 0 Å². The lowest BCUT2D eigenvalue weighted by Crippen LogP contribution is -1.94. The Kier molecular flexibility index (Phi) is 2.78. The van der Waals surface area contributed by atoms with Gasteiger partial charge in [0.05, 0.1) is 7.11 Å². The lowest BCUT2D eigenvalue weighted by molar-refractivity contribution is 0.386. The van der Waals surface area contributed by atoms with E-state index in [4.69, 9.17) is 10.5 Å². The first kappa shape index (κ1) is 12.4. The van der Waals surface area contributed by atoms with E-state index in [2.05, 4.69) is 10.1 Å². The van der Waals surface area contributed by atoms with Crippen LogP contribution in [0.3, 0.4) is 0 Å². The van der Waals surface area contributed by atoms with Crippen LogP contribution in [0.5, 0.6) is 5.75 Å². The lowest BCUT2D eigenvalue weighted by Gasteiger charge is -2.08. The van der Waals surface area contributed by atoms with Crippen LogP contribution in [0.2, 0.25) is 0 Å². The Morgan fingerprint density at radius 2 is 2.10 bits per heavy atom. The van der Waals surface area contributed by atoms with Gasteiger partial charge in [0.15, 0.2) is 17.2 Å². The van der Waals surface area contributed by atoms with Crippen molar-refractivity contribution in [2.24, 2.45) is 0 Å². The van der Waals surface area contributed by atoms with Crippen molar-refractivity contribution in [2.75, 3.05) is 12.8 Å². The Hall–Kier alpha value is -2.63. The molecule has 0 aliphatic carbocycles. The molecule has 1 aromatic carbocycles. The maximum absolute atomic E-state index is 13.8. The third-order valence-electron chi connectivity index (χ3n) is 3.16. The number of rotatable bonds is 2. The molecule has 0 unspecified atom stereocenters. The number of methoxy groups -OCH3 is 1. The van der Waals surface area contributed by atoms with Crippen molar-refractivity contribution >= 4 is 11.6 Å². The second kappa shape index (κ2) is 4.48. The number of halogens is 1. The molecule has 3 rings (SSSR count). The van der Waals surface area contributed by atoms with Crippen molar-refractivity contribution in [3.63, 3.8) is 0 Å². The summed E-state index contributed by atoms with van der Waals surface area (Å²) in [4.78, 5) is 4.09. The molecule has 0 aliphatic heterocycles. The van der Waals surface area contributed by atoms with E-state index < -0.39 is 5.82 Å². The number of nitrogens with two attached hydrogens (primary N) is 1. The number of pyridine rings is 1. The first-order chi connectivity index (χ1) is 9.58. The maximum Gasteiger partial charge on any atom is 0.240 e. The molecule has 2 N–H and O–H groups in total. The smallest absolute Gasteiger partial charge is 0.240 e. The fourth-order valence-corrected chi connectivity index (χ4v) is 2.18. The Morgan fingerprint density at radius 1 is 1.30 bits per heavy atom. The number of benzene rings is 1. The number of anilines is 1. The summed E-state index contributed by atoms with van der Waals surface area (Å²) < 4.78 is 20.3. The highest BCUT2D eigenvalue weighted by molar-refractivity contribution is 5.69. The van der Waals surface area contributed by atoms with E-state index in [0.29, 0.717) is 5.65 Å². The summed E-state index contributed by atoms with van der Waals surface area (Å²) in [6.07, 6.45) is 1.79. The Bertz CT molecular complexity index is 797. The minimum atomic E-state index is -0.400. The Labute approximate surface area is 114 Å². The van der Waals surface area contributed by atoms with Crippen molar-refractivity contribution in [3.8, 4) is 16.9 Å². The third-order valence-corrected chi connectivity index (χ3v) is 3.16. The van der Waals surface area contributed by atoms with E-state index in [1.807, 2.05) is 13.0 Å². The number of aryl methyl sites for hydroxylation is 1. The Balaban J connectivity index is 2.17. The number of nitrogens with zero attached hydrogens (tertiary/aromatic N) is 3. The molecule has 0 aliphatic rings. The zero-order valence-electron chi connectivity index (χ0n) is 11.1. The summed E-state index contributed by atoms with van der Waals surface area (Å²) >= 11 is 0. The second-order valence-corrected chi connectivity index (χ2v) is 4.49. The molecule has 2 heterocycles. The largest absolute Gasteiger partial charge is 0.494 e. The van der Waals surface area contributed by atoms with Crippen LogP contribution in [-0.4, -0.2) is 21.7 Å². The van der Waals surface area contributed by atoms with Gasteiger partial charge in [-0.05, 0) is 36.2 Å². The number of hydrogen-bond donors (Lipinski definition) is 1. The molecule has 6 heteroatoms. The molecule has 3 aromatic rings. The molecule has 0 saturated carbocycles. The standard InChI is InChI=1S/C14H13FN4O/c1-8-5-13-17-14(16)18-19(13)7-10(8)9-3-4-12(20-2)11(15)6-9/h3-7H,1-2H3,(H2,16,18). The predicted molar refractivity (Wildman–Crippen MR) is 74.1 cm³/mol. The van der Waals surface area contributed by atoms with Gasteiger partial charge in [0.2, 0.25) is 5.95 Å². The number of ether oxygens (including phenoxy) is 1. The van der Waals surface area contributed by atoms with E-state index in [1.165, 1.54) is 13.2 Å². The van der Waals surface area contributed by atoms with Gasteiger partial charge < -0.3 is 10.5 Å². The van der Waals surface area contributed by atoms with Crippen LogP contribution in [0.25, 0.3) is 16.8 Å². The van der Waals surface area contributed by atoms with Gasteiger partial charge in [-0.1, -0.05) is 6.07 Å². The SMILES string of the molecule is COc1ccc(-c2cn3nc(N)nc3cc2C)cc1F. The average molecular weight is 272 g/mol. The summed E-state index contributed by atoms with van der Waals surface area (Å²) in [5, 5.41) is 4.06. The molecule has 0 bridgehead atoms. The van der Waals surface area contributed by atoms with Crippen molar-refractivity contribution in [2.45, 2.75) is 6.92 Å². The van der Waals surface area contributed by atoms with Gasteiger partial charge in [-0.15, -0.1) is 5.10 Å². The van der Waals surface area contributed by atoms with Gasteiger partial charge in [-0.3, -0.25) is 0 Å². The van der Waals surface area contributed by atoms with Crippen LogP contribution in [0.1, 0.15) is 5.56 Å². The lowest BCUT2D eigenvalue weighted by atomic mass is 10.0. The molecule has 0 saturated heterocycles. The van der Waals surface area contributed by atoms with Crippen LogP contribution >= 0.6 is 0 Å². The number of hydrogen-bond acceptors (Lipinski definition) is 4. The van der Waals surface area contributed by atoms with Gasteiger partial charge in [-0.2, -0.15) is 4.98 Å². The molecule has 0 amide bonds. The minimum Gasteiger partial charge on any atom is -0.494 e. The fourth-order valence-electron chi connectivity index (χ4n) is 2.18. The number of fused-ring (bicyclic) bond motifs is 1. The van der Waals surface area contributed by atoms with E-state index in [9.17, 15) is 4.39 Å². The summed E-state index contributed by atoms with van der Waals surface area (Å²) in [5.74, 6) is 0.0301. The quantitative estimate of drug-likeness (QED) is 0.778. The third kappa shape index (κ3) is 1.95. The normalized spacial score (nSPS) is 10.9. The zero-order valence-corrected chi connectivity index (χ0v) is 11.1. The molecule has 0 atom stereocenters. The summed E-state index contributed by atoms with van der Waals surface area (Å²) in [6, 6.07) is 6.70. The Morgan fingerprint density at radius 3 is 2.80 bits per heavy atom. The highest BCUT2D eigenvalue weighted by Gasteiger charge is 2.10. The molecule has 0 spiro atoms. The second-order valence-electron chi connectivity index (χ2n) is 4.49. The monoisotopic (exact) mass is 272 g/mol. The molecule has 0 fully saturated rings. The van der Waals surface area contributed by atoms with Crippen LogP contribution in [0.4, 0.5) is 10.3 Å².